The smallest absolute Gasteiger partial charge is 0.244 e. The molecule has 114 valence electrons. The molecular weight excluding hydrogens is 288 g/mol. The van der Waals surface area contributed by atoms with E-state index in [1.54, 1.807) is 12.1 Å². The van der Waals surface area contributed by atoms with E-state index in [2.05, 4.69) is 10.6 Å². The standard InChI is InChI=1S/C16H21ClN2O2/c1-3-9-18-16(21)8-10-19-15(20)7-6-13-5-4-12(2)14(17)11-13/h4-7,11H,3,8-10H2,1-2H3,(H,18,21)(H,19,20)/b7-6+. The lowest BCUT2D eigenvalue weighted by molar-refractivity contribution is -0.121. The molecule has 1 aromatic carbocycles. The van der Waals surface area contributed by atoms with Gasteiger partial charge >= 0.3 is 0 Å². The Balaban J connectivity index is 2.34. The maximum absolute atomic E-state index is 11.6. The van der Waals surface area contributed by atoms with Gasteiger partial charge in [0.25, 0.3) is 0 Å². The number of carbonyl (C=O) groups is 2. The zero-order chi connectivity index (χ0) is 15.7. The van der Waals surface area contributed by atoms with E-state index in [9.17, 15) is 9.59 Å². The highest BCUT2D eigenvalue weighted by atomic mass is 35.5. The maximum atomic E-state index is 11.6. The van der Waals surface area contributed by atoms with E-state index in [1.165, 1.54) is 6.08 Å². The Morgan fingerprint density at radius 3 is 2.67 bits per heavy atom. The molecule has 0 aliphatic carbocycles. The largest absolute Gasteiger partial charge is 0.356 e. The molecule has 0 radical (unpaired) electrons. The number of hydrogen-bond donors (Lipinski definition) is 2. The third kappa shape index (κ3) is 6.95. The van der Waals surface area contributed by atoms with Gasteiger partial charge in [0.05, 0.1) is 0 Å². The van der Waals surface area contributed by atoms with Crippen LogP contribution in [0.1, 0.15) is 30.9 Å². The zero-order valence-corrected chi connectivity index (χ0v) is 13.2. The molecule has 4 nitrogen and oxygen atoms in total. The number of benzene rings is 1. The first-order valence-corrected chi connectivity index (χ1v) is 7.39. The van der Waals surface area contributed by atoms with Crippen LogP contribution in [0.2, 0.25) is 5.02 Å². The molecule has 0 fully saturated rings. The molecule has 0 bridgehead atoms. The van der Waals surface area contributed by atoms with Crippen LogP contribution in [0.4, 0.5) is 0 Å². The topological polar surface area (TPSA) is 58.2 Å². The van der Waals surface area contributed by atoms with E-state index in [1.807, 2.05) is 26.0 Å². The summed E-state index contributed by atoms with van der Waals surface area (Å²) in [6.45, 7) is 4.91. The first kappa shape index (κ1) is 17.2. The highest BCUT2D eigenvalue weighted by Gasteiger charge is 2.01. The van der Waals surface area contributed by atoms with Crippen molar-refractivity contribution in [2.45, 2.75) is 26.7 Å². The van der Waals surface area contributed by atoms with Crippen LogP contribution in [0.15, 0.2) is 24.3 Å². The molecule has 0 spiro atoms. The van der Waals surface area contributed by atoms with Crippen molar-refractivity contribution >= 4 is 29.5 Å². The van der Waals surface area contributed by atoms with E-state index in [-0.39, 0.29) is 18.2 Å². The minimum atomic E-state index is -0.227. The average molecular weight is 309 g/mol. The number of nitrogens with one attached hydrogen (secondary N) is 2. The van der Waals surface area contributed by atoms with Gasteiger partial charge in [-0.15, -0.1) is 0 Å². The molecule has 0 saturated carbocycles. The molecule has 2 N–H and O–H groups in total. The molecule has 21 heavy (non-hydrogen) atoms. The Morgan fingerprint density at radius 2 is 2.00 bits per heavy atom. The number of aryl methyl sites for hydroxylation is 1. The Morgan fingerprint density at radius 1 is 1.24 bits per heavy atom. The van der Waals surface area contributed by atoms with Gasteiger partial charge in [0, 0.05) is 30.6 Å². The molecule has 0 aliphatic heterocycles. The van der Waals surface area contributed by atoms with Gasteiger partial charge in [0.15, 0.2) is 0 Å². The number of carbonyl (C=O) groups excluding carboxylic acids is 2. The predicted molar refractivity (Wildman–Crippen MR) is 86.2 cm³/mol. The molecular formula is C16H21ClN2O2. The Hall–Kier alpha value is -1.81. The first-order valence-electron chi connectivity index (χ1n) is 7.01. The van der Waals surface area contributed by atoms with Crippen LogP contribution in [0.25, 0.3) is 6.08 Å². The van der Waals surface area contributed by atoms with Gasteiger partial charge in [0.1, 0.15) is 0 Å². The van der Waals surface area contributed by atoms with Gasteiger partial charge in [-0.2, -0.15) is 0 Å². The average Bonchev–Trinajstić information content (AvgIpc) is 2.46. The van der Waals surface area contributed by atoms with E-state index in [0.29, 0.717) is 18.1 Å². The summed E-state index contributed by atoms with van der Waals surface area (Å²) >= 11 is 6.01. The van der Waals surface area contributed by atoms with Crippen molar-refractivity contribution in [2.75, 3.05) is 13.1 Å². The van der Waals surface area contributed by atoms with E-state index >= 15 is 0 Å². The lowest BCUT2D eigenvalue weighted by atomic mass is 10.1. The monoisotopic (exact) mass is 308 g/mol. The quantitative estimate of drug-likeness (QED) is 0.761. The molecule has 0 unspecified atom stereocenters. The second-order valence-corrected chi connectivity index (χ2v) is 5.14. The summed E-state index contributed by atoms with van der Waals surface area (Å²) in [6.07, 6.45) is 4.32. The minimum Gasteiger partial charge on any atom is -0.356 e. The van der Waals surface area contributed by atoms with Crippen molar-refractivity contribution in [2.24, 2.45) is 0 Å². The fourth-order valence-electron chi connectivity index (χ4n) is 1.60. The Bertz CT molecular complexity index is 527. The van der Waals surface area contributed by atoms with Crippen molar-refractivity contribution in [3.8, 4) is 0 Å². The Kier molecular flexibility index (Phi) is 7.54. The predicted octanol–water partition coefficient (Wildman–Crippen LogP) is 2.69. The van der Waals surface area contributed by atoms with Crippen molar-refractivity contribution in [1.82, 2.24) is 10.6 Å². The molecule has 5 heteroatoms. The second-order valence-electron chi connectivity index (χ2n) is 4.73. The summed E-state index contributed by atoms with van der Waals surface area (Å²) in [5.41, 5.74) is 1.86. The summed E-state index contributed by atoms with van der Waals surface area (Å²) in [7, 11) is 0. The Labute approximate surface area is 130 Å². The van der Waals surface area contributed by atoms with Gasteiger partial charge in [-0.05, 0) is 36.6 Å². The third-order valence-corrected chi connectivity index (χ3v) is 3.25. The van der Waals surface area contributed by atoms with Crippen LogP contribution in [0.3, 0.4) is 0 Å². The van der Waals surface area contributed by atoms with E-state index in [4.69, 9.17) is 11.6 Å². The van der Waals surface area contributed by atoms with Crippen LogP contribution < -0.4 is 10.6 Å². The van der Waals surface area contributed by atoms with E-state index < -0.39 is 0 Å². The maximum Gasteiger partial charge on any atom is 0.244 e. The first-order chi connectivity index (χ1) is 10.0. The van der Waals surface area contributed by atoms with Crippen molar-refractivity contribution in [3.63, 3.8) is 0 Å². The molecule has 0 aliphatic rings. The summed E-state index contributed by atoms with van der Waals surface area (Å²) < 4.78 is 0. The lowest BCUT2D eigenvalue weighted by Gasteiger charge is -2.04. The van der Waals surface area contributed by atoms with Crippen LogP contribution in [0.5, 0.6) is 0 Å². The number of hydrogen-bond acceptors (Lipinski definition) is 2. The van der Waals surface area contributed by atoms with Crippen molar-refractivity contribution in [1.29, 1.82) is 0 Å². The number of amides is 2. The molecule has 0 aromatic heterocycles. The van der Waals surface area contributed by atoms with Crippen LogP contribution in [-0.4, -0.2) is 24.9 Å². The van der Waals surface area contributed by atoms with Gasteiger partial charge in [-0.25, -0.2) is 0 Å². The second kappa shape index (κ2) is 9.19. The zero-order valence-electron chi connectivity index (χ0n) is 12.4. The highest BCUT2D eigenvalue weighted by molar-refractivity contribution is 6.31. The normalized spacial score (nSPS) is 10.6. The number of halogens is 1. The van der Waals surface area contributed by atoms with Crippen LogP contribution in [0, 0.1) is 6.92 Å². The van der Waals surface area contributed by atoms with Gasteiger partial charge in [0.2, 0.25) is 11.8 Å². The van der Waals surface area contributed by atoms with Crippen molar-refractivity contribution in [3.05, 3.63) is 40.4 Å². The lowest BCUT2D eigenvalue weighted by Crippen LogP contribution is -2.30. The molecule has 1 aromatic rings. The molecule has 0 saturated heterocycles. The SMILES string of the molecule is CCCNC(=O)CCNC(=O)/C=C/c1ccc(C)c(Cl)c1. The molecule has 0 heterocycles. The fourth-order valence-corrected chi connectivity index (χ4v) is 1.78. The number of rotatable bonds is 7. The van der Waals surface area contributed by atoms with Crippen molar-refractivity contribution < 1.29 is 9.59 Å². The summed E-state index contributed by atoms with van der Waals surface area (Å²) in [6, 6.07) is 5.60. The highest BCUT2D eigenvalue weighted by Crippen LogP contribution is 2.17. The van der Waals surface area contributed by atoms with E-state index in [0.717, 1.165) is 17.5 Å². The molecule has 0 atom stereocenters. The van der Waals surface area contributed by atoms with Gasteiger partial charge in [-0.1, -0.05) is 30.7 Å². The third-order valence-electron chi connectivity index (χ3n) is 2.85. The summed E-state index contributed by atoms with van der Waals surface area (Å²) in [5, 5.41) is 6.09. The van der Waals surface area contributed by atoms with Gasteiger partial charge in [-0.3, -0.25) is 9.59 Å². The fraction of sp³-hybridized carbons (Fsp3) is 0.375. The summed E-state index contributed by atoms with van der Waals surface area (Å²) in [5.74, 6) is -0.276. The van der Waals surface area contributed by atoms with Gasteiger partial charge < -0.3 is 10.6 Å². The molecule has 1 rings (SSSR count). The minimum absolute atomic E-state index is 0.0496. The summed E-state index contributed by atoms with van der Waals surface area (Å²) in [4.78, 5) is 22.9. The van der Waals surface area contributed by atoms with Crippen LogP contribution >= 0.6 is 11.6 Å². The molecule has 2 amide bonds. The van der Waals surface area contributed by atoms with Crippen LogP contribution in [-0.2, 0) is 9.59 Å².